The van der Waals surface area contributed by atoms with Crippen LogP contribution in [0, 0.1) is 5.92 Å². The second-order valence-electron chi connectivity index (χ2n) is 6.65. The summed E-state index contributed by atoms with van der Waals surface area (Å²) in [6.45, 7) is 8.99. The van der Waals surface area contributed by atoms with Gasteiger partial charge in [-0.2, -0.15) is 0 Å². The van der Waals surface area contributed by atoms with Gasteiger partial charge in [0.15, 0.2) is 0 Å². The van der Waals surface area contributed by atoms with Gasteiger partial charge in [0.05, 0.1) is 11.0 Å². The van der Waals surface area contributed by atoms with Crippen LogP contribution in [0.1, 0.15) is 45.0 Å². The molecule has 1 aromatic heterocycles. The van der Waals surface area contributed by atoms with Crippen LogP contribution < -0.4 is 5.73 Å². The number of fused-ring (bicyclic) bond motifs is 1. The SMILES string of the molecule is CC(C)Cn1c(C2(C)CCCO2)nc2cc(CN)ccc21. The standard InChI is InChI=1S/C17H25N3O/c1-12(2)11-20-15-6-5-13(10-18)9-14(15)19-16(20)17(3)7-4-8-21-17/h5-6,9,12H,4,7-8,10-11,18H2,1-3H3. The van der Waals surface area contributed by atoms with Crippen molar-refractivity contribution in [3.63, 3.8) is 0 Å². The summed E-state index contributed by atoms with van der Waals surface area (Å²) in [5.41, 5.74) is 8.85. The fourth-order valence-electron chi connectivity index (χ4n) is 3.21. The summed E-state index contributed by atoms with van der Waals surface area (Å²) in [5.74, 6) is 1.64. The first-order valence-corrected chi connectivity index (χ1v) is 7.87. The van der Waals surface area contributed by atoms with Gasteiger partial charge in [0.2, 0.25) is 0 Å². The molecule has 1 saturated heterocycles. The van der Waals surface area contributed by atoms with Gasteiger partial charge in [-0.1, -0.05) is 19.9 Å². The molecule has 2 heterocycles. The molecule has 4 heteroatoms. The maximum Gasteiger partial charge on any atom is 0.142 e. The predicted octanol–water partition coefficient (Wildman–Crippen LogP) is 3.18. The van der Waals surface area contributed by atoms with Crippen molar-refractivity contribution < 1.29 is 4.74 Å². The summed E-state index contributed by atoms with van der Waals surface area (Å²) in [7, 11) is 0. The number of aromatic nitrogens is 2. The van der Waals surface area contributed by atoms with Gasteiger partial charge < -0.3 is 15.0 Å². The molecule has 3 rings (SSSR count). The first kappa shape index (κ1) is 14.5. The van der Waals surface area contributed by atoms with E-state index < -0.39 is 0 Å². The maximum atomic E-state index is 6.03. The van der Waals surface area contributed by atoms with E-state index in [9.17, 15) is 0 Å². The van der Waals surface area contributed by atoms with E-state index in [0.29, 0.717) is 12.5 Å². The third kappa shape index (κ3) is 2.58. The van der Waals surface area contributed by atoms with Gasteiger partial charge in [-0.15, -0.1) is 0 Å². The Morgan fingerprint density at radius 3 is 2.86 bits per heavy atom. The van der Waals surface area contributed by atoms with Crippen molar-refractivity contribution in [2.45, 2.75) is 52.3 Å². The summed E-state index contributed by atoms with van der Waals surface area (Å²) in [4.78, 5) is 4.91. The lowest BCUT2D eigenvalue weighted by atomic mass is 10.0. The summed E-state index contributed by atoms with van der Waals surface area (Å²) < 4.78 is 8.37. The fraction of sp³-hybridized carbons (Fsp3) is 0.588. The third-order valence-corrected chi connectivity index (χ3v) is 4.29. The van der Waals surface area contributed by atoms with Crippen molar-refractivity contribution in [2.24, 2.45) is 11.7 Å². The summed E-state index contributed by atoms with van der Waals surface area (Å²) in [6, 6.07) is 6.35. The molecule has 0 radical (unpaired) electrons. The van der Waals surface area contributed by atoms with E-state index in [1.54, 1.807) is 0 Å². The highest BCUT2D eigenvalue weighted by Crippen LogP contribution is 2.37. The van der Waals surface area contributed by atoms with Crippen LogP contribution in [0.3, 0.4) is 0 Å². The van der Waals surface area contributed by atoms with Gasteiger partial charge in [-0.25, -0.2) is 4.98 Å². The number of hydrogen-bond donors (Lipinski definition) is 1. The number of ether oxygens (including phenoxy) is 1. The smallest absolute Gasteiger partial charge is 0.142 e. The summed E-state index contributed by atoms with van der Waals surface area (Å²) >= 11 is 0. The van der Waals surface area contributed by atoms with Crippen LogP contribution in [0.25, 0.3) is 11.0 Å². The number of nitrogens with zero attached hydrogens (tertiary/aromatic N) is 2. The first-order chi connectivity index (χ1) is 10.0. The quantitative estimate of drug-likeness (QED) is 0.939. The van der Waals surface area contributed by atoms with Crippen LogP contribution >= 0.6 is 0 Å². The van der Waals surface area contributed by atoms with Crippen molar-refractivity contribution in [3.05, 3.63) is 29.6 Å². The minimum Gasteiger partial charge on any atom is -0.367 e. The largest absolute Gasteiger partial charge is 0.367 e. The van der Waals surface area contributed by atoms with E-state index in [0.717, 1.165) is 42.9 Å². The summed E-state index contributed by atoms with van der Waals surface area (Å²) in [6.07, 6.45) is 2.15. The van der Waals surface area contributed by atoms with E-state index in [1.807, 2.05) is 0 Å². The van der Waals surface area contributed by atoms with Crippen LogP contribution in [-0.2, 0) is 23.4 Å². The lowest BCUT2D eigenvalue weighted by molar-refractivity contribution is 0.00652. The lowest BCUT2D eigenvalue weighted by Gasteiger charge is -2.24. The topological polar surface area (TPSA) is 53.1 Å². The second-order valence-corrected chi connectivity index (χ2v) is 6.65. The number of imidazole rings is 1. The Morgan fingerprint density at radius 1 is 1.43 bits per heavy atom. The zero-order chi connectivity index (χ0) is 15.0. The molecule has 2 N–H and O–H groups in total. The summed E-state index contributed by atoms with van der Waals surface area (Å²) in [5, 5.41) is 0. The van der Waals surface area contributed by atoms with E-state index >= 15 is 0 Å². The molecule has 1 unspecified atom stereocenters. The monoisotopic (exact) mass is 287 g/mol. The Balaban J connectivity index is 2.16. The molecule has 0 saturated carbocycles. The van der Waals surface area contributed by atoms with Crippen LogP contribution in [0.5, 0.6) is 0 Å². The van der Waals surface area contributed by atoms with Gasteiger partial charge in [0, 0.05) is 19.7 Å². The van der Waals surface area contributed by atoms with Gasteiger partial charge in [0.25, 0.3) is 0 Å². The molecule has 2 aromatic rings. The fourth-order valence-corrected chi connectivity index (χ4v) is 3.21. The van der Waals surface area contributed by atoms with E-state index in [4.69, 9.17) is 15.5 Å². The molecule has 0 spiro atoms. The lowest BCUT2D eigenvalue weighted by Crippen LogP contribution is -2.26. The van der Waals surface area contributed by atoms with Crippen LogP contribution in [-0.4, -0.2) is 16.2 Å². The zero-order valence-corrected chi connectivity index (χ0v) is 13.2. The Morgan fingerprint density at radius 2 is 2.24 bits per heavy atom. The Hall–Kier alpha value is -1.39. The number of rotatable bonds is 4. The molecule has 1 fully saturated rings. The van der Waals surface area contributed by atoms with Crippen molar-refractivity contribution in [1.29, 1.82) is 0 Å². The average molecular weight is 287 g/mol. The Kier molecular flexibility index (Phi) is 3.76. The highest BCUT2D eigenvalue weighted by molar-refractivity contribution is 5.77. The molecule has 114 valence electrons. The highest BCUT2D eigenvalue weighted by atomic mass is 16.5. The first-order valence-electron chi connectivity index (χ1n) is 7.87. The molecule has 1 aromatic carbocycles. The highest BCUT2D eigenvalue weighted by Gasteiger charge is 2.37. The van der Waals surface area contributed by atoms with Crippen molar-refractivity contribution >= 4 is 11.0 Å². The third-order valence-electron chi connectivity index (χ3n) is 4.29. The molecule has 0 bridgehead atoms. The minimum absolute atomic E-state index is 0.253. The van der Waals surface area contributed by atoms with Crippen molar-refractivity contribution in [2.75, 3.05) is 6.61 Å². The second kappa shape index (κ2) is 5.43. The van der Waals surface area contributed by atoms with Crippen LogP contribution in [0.15, 0.2) is 18.2 Å². The van der Waals surface area contributed by atoms with Crippen molar-refractivity contribution in [3.8, 4) is 0 Å². The normalized spacial score (nSPS) is 22.5. The molecular formula is C17H25N3O. The Labute approximate surface area is 126 Å². The van der Waals surface area contributed by atoms with Gasteiger partial charge in [-0.05, 0) is 43.4 Å². The molecule has 21 heavy (non-hydrogen) atoms. The van der Waals surface area contributed by atoms with Gasteiger partial charge in [0.1, 0.15) is 11.4 Å². The zero-order valence-electron chi connectivity index (χ0n) is 13.2. The van der Waals surface area contributed by atoms with Crippen molar-refractivity contribution in [1.82, 2.24) is 9.55 Å². The van der Waals surface area contributed by atoms with E-state index in [2.05, 4.69) is 43.5 Å². The molecule has 1 atom stereocenters. The van der Waals surface area contributed by atoms with Crippen LogP contribution in [0.4, 0.5) is 0 Å². The predicted molar refractivity (Wildman–Crippen MR) is 85.0 cm³/mol. The Bertz CT molecular complexity index is 639. The average Bonchev–Trinajstić information content (AvgIpc) is 3.03. The maximum absolute atomic E-state index is 6.03. The van der Waals surface area contributed by atoms with E-state index in [1.165, 1.54) is 5.52 Å². The molecule has 1 aliphatic rings. The molecule has 0 amide bonds. The minimum atomic E-state index is -0.253. The number of nitrogens with two attached hydrogens (primary N) is 1. The molecule has 0 aliphatic carbocycles. The number of benzene rings is 1. The van der Waals surface area contributed by atoms with Crippen LogP contribution in [0.2, 0.25) is 0 Å². The van der Waals surface area contributed by atoms with Gasteiger partial charge >= 0.3 is 0 Å². The van der Waals surface area contributed by atoms with E-state index in [-0.39, 0.29) is 5.60 Å². The number of hydrogen-bond acceptors (Lipinski definition) is 3. The molecule has 1 aliphatic heterocycles. The van der Waals surface area contributed by atoms with Gasteiger partial charge in [-0.3, -0.25) is 0 Å². The molecular weight excluding hydrogens is 262 g/mol. The molecule has 4 nitrogen and oxygen atoms in total.